The first-order chi connectivity index (χ1) is 15.7. The molecular formula is C26H32N2O4. The fourth-order valence-corrected chi connectivity index (χ4v) is 5.05. The van der Waals surface area contributed by atoms with E-state index in [9.17, 15) is 4.79 Å². The van der Waals surface area contributed by atoms with E-state index in [1.807, 2.05) is 35.2 Å². The minimum atomic E-state index is -0.327. The molecule has 2 aromatic rings. The summed E-state index contributed by atoms with van der Waals surface area (Å²) in [6.45, 7) is 5.18. The van der Waals surface area contributed by atoms with E-state index in [0.29, 0.717) is 12.5 Å². The van der Waals surface area contributed by atoms with E-state index < -0.39 is 0 Å². The third kappa shape index (κ3) is 4.76. The molecule has 3 heterocycles. The Morgan fingerprint density at radius 1 is 0.906 bits per heavy atom. The molecule has 1 amide bonds. The molecule has 0 saturated carbocycles. The van der Waals surface area contributed by atoms with Crippen molar-refractivity contribution in [1.29, 1.82) is 0 Å². The number of hydrogen-bond acceptors (Lipinski definition) is 5. The molecule has 3 aliphatic heterocycles. The zero-order chi connectivity index (χ0) is 21.8. The van der Waals surface area contributed by atoms with E-state index in [-0.39, 0.29) is 11.9 Å². The number of carbonyl (C=O) groups excluding carboxylic acids is 1. The number of piperidine rings is 2. The van der Waals surface area contributed by atoms with Crippen molar-refractivity contribution in [3.63, 3.8) is 0 Å². The number of likely N-dealkylation sites (tertiary alicyclic amines) is 1. The van der Waals surface area contributed by atoms with Gasteiger partial charge in [-0.15, -0.1) is 0 Å². The maximum atomic E-state index is 12.4. The van der Waals surface area contributed by atoms with Crippen molar-refractivity contribution in [2.75, 3.05) is 44.3 Å². The summed E-state index contributed by atoms with van der Waals surface area (Å²) in [4.78, 5) is 16.7. The molecule has 5 rings (SSSR count). The summed E-state index contributed by atoms with van der Waals surface area (Å²) in [6, 6.07) is 18.8. The second-order valence-corrected chi connectivity index (χ2v) is 8.99. The monoisotopic (exact) mass is 436 g/mol. The molecule has 0 N–H and O–H groups in total. The lowest BCUT2D eigenvalue weighted by Crippen LogP contribution is -2.45. The highest BCUT2D eigenvalue weighted by molar-refractivity contribution is 5.67. The molecular weight excluding hydrogens is 404 g/mol. The standard InChI is InChI=1S/C26H32N2O4/c29-25(30-20-21-4-2-1-3-5-21)28-14-10-23(11-15-28)22-6-8-24(9-7-22)27-16-12-26(13-17-27)31-18-19-32-26/h1-9,23H,10-20H2. The van der Waals surface area contributed by atoms with Crippen LogP contribution < -0.4 is 4.90 Å². The van der Waals surface area contributed by atoms with E-state index in [4.69, 9.17) is 14.2 Å². The highest BCUT2D eigenvalue weighted by Gasteiger charge is 2.39. The fourth-order valence-electron chi connectivity index (χ4n) is 5.05. The SMILES string of the molecule is O=C(OCc1ccccc1)N1CCC(c2ccc(N3CCC4(CC3)OCCO4)cc2)CC1. The van der Waals surface area contributed by atoms with Crippen LogP contribution >= 0.6 is 0 Å². The molecule has 6 heteroatoms. The lowest BCUT2D eigenvalue weighted by atomic mass is 9.89. The zero-order valence-corrected chi connectivity index (χ0v) is 18.6. The van der Waals surface area contributed by atoms with Crippen molar-refractivity contribution in [2.45, 2.75) is 44.0 Å². The fraction of sp³-hybridized carbons (Fsp3) is 0.500. The van der Waals surface area contributed by atoms with Gasteiger partial charge >= 0.3 is 6.09 Å². The van der Waals surface area contributed by atoms with Gasteiger partial charge in [-0.3, -0.25) is 0 Å². The number of rotatable bonds is 4. The van der Waals surface area contributed by atoms with Crippen LogP contribution in [-0.2, 0) is 20.8 Å². The number of nitrogens with zero attached hydrogens (tertiary/aromatic N) is 2. The number of amides is 1. The first kappa shape index (κ1) is 21.3. The van der Waals surface area contributed by atoms with Crippen molar-refractivity contribution in [2.24, 2.45) is 0 Å². The van der Waals surface area contributed by atoms with Gasteiger partial charge in [0, 0.05) is 44.7 Å². The Balaban J connectivity index is 1.09. The minimum absolute atomic E-state index is 0.208. The Morgan fingerprint density at radius 3 is 2.22 bits per heavy atom. The van der Waals surface area contributed by atoms with Gasteiger partial charge in [0.2, 0.25) is 0 Å². The van der Waals surface area contributed by atoms with Crippen LogP contribution in [0.3, 0.4) is 0 Å². The van der Waals surface area contributed by atoms with Gasteiger partial charge in [-0.05, 0) is 42.0 Å². The lowest BCUT2D eigenvalue weighted by Gasteiger charge is -2.38. The van der Waals surface area contributed by atoms with E-state index in [1.54, 1.807) is 0 Å². The van der Waals surface area contributed by atoms with Crippen LogP contribution in [0, 0.1) is 0 Å². The third-order valence-corrected chi connectivity index (χ3v) is 7.03. The molecule has 0 aromatic heterocycles. The van der Waals surface area contributed by atoms with Gasteiger partial charge in [0.25, 0.3) is 0 Å². The average molecular weight is 437 g/mol. The molecule has 32 heavy (non-hydrogen) atoms. The Labute approximate surface area is 190 Å². The van der Waals surface area contributed by atoms with Crippen molar-refractivity contribution < 1.29 is 19.0 Å². The molecule has 3 saturated heterocycles. The molecule has 3 fully saturated rings. The number of anilines is 1. The van der Waals surface area contributed by atoms with E-state index >= 15 is 0 Å². The molecule has 1 spiro atoms. The Morgan fingerprint density at radius 2 is 1.56 bits per heavy atom. The molecule has 6 nitrogen and oxygen atoms in total. The van der Waals surface area contributed by atoms with Crippen LogP contribution in [0.1, 0.15) is 42.7 Å². The highest BCUT2D eigenvalue weighted by Crippen LogP contribution is 2.34. The maximum absolute atomic E-state index is 12.4. The zero-order valence-electron chi connectivity index (χ0n) is 18.6. The van der Waals surface area contributed by atoms with Crippen molar-refractivity contribution in [3.05, 3.63) is 65.7 Å². The second kappa shape index (κ2) is 9.51. The molecule has 0 bridgehead atoms. The summed E-state index contributed by atoms with van der Waals surface area (Å²) in [5.74, 6) is 0.166. The first-order valence-electron chi connectivity index (χ1n) is 11.8. The molecule has 0 unspecified atom stereocenters. The Hall–Kier alpha value is -2.57. The predicted octanol–water partition coefficient (Wildman–Crippen LogP) is 4.55. The van der Waals surface area contributed by atoms with Gasteiger partial charge in [0.15, 0.2) is 5.79 Å². The van der Waals surface area contributed by atoms with Crippen molar-refractivity contribution in [3.8, 4) is 0 Å². The molecule has 0 atom stereocenters. The number of hydrogen-bond donors (Lipinski definition) is 0. The van der Waals surface area contributed by atoms with Gasteiger partial charge in [0.1, 0.15) is 6.61 Å². The largest absolute Gasteiger partial charge is 0.445 e. The number of ether oxygens (including phenoxy) is 3. The van der Waals surface area contributed by atoms with E-state index in [0.717, 1.165) is 70.6 Å². The minimum Gasteiger partial charge on any atom is -0.445 e. The summed E-state index contributed by atoms with van der Waals surface area (Å²) in [7, 11) is 0. The van der Waals surface area contributed by atoms with Crippen LogP contribution in [0.4, 0.5) is 10.5 Å². The van der Waals surface area contributed by atoms with Gasteiger partial charge in [-0.1, -0.05) is 42.5 Å². The van der Waals surface area contributed by atoms with Gasteiger partial charge in [-0.25, -0.2) is 4.79 Å². The highest BCUT2D eigenvalue weighted by atomic mass is 16.7. The summed E-state index contributed by atoms with van der Waals surface area (Å²) in [5, 5.41) is 0. The summed E-state index contributed by atoms with van der Waals surface area (Å²) in [6.07, 6.45) is 3.59. The van der Waals surface area contributed by atoms with Crippen LogP contribution in [0.15, 0.2) is 54.6 Å². The molecule has 3 aliphatic rings. The van der Waals surface area contributed by atoms with Crippen molar-refractivity contribution >= 4 is 11.8 Å². The van der Waals surface area contributed by atoms with Crippen LogP contribution in [-0.4, -0.2) is 56.2 Å². The van der Waals surface area contributed by atoms with Gasteiger partial charge < -0.3 is 24.0 Å². The third-order valence-electron chi connectivity index (χ3n) is 7.03. The summed E-state index contributed by atoms with van der Waals surface area (Å²) in [5.41, 5.74) is 3.65. The van der Waals surface area contributed by atoms with Gasteiger partial charge in [0.05, 0.1) is 13.2 Å². The second-order valence-electron chi connectivity index (χ2n) is 8.99. The van der Waals surface area contributed by atoms with Crippen LogP contribution in [0.5, 0.6) is 0 Å². The topological polar surface area (TPSA) is 51.2 Å². The number of carbonyl (C=O) groups is 1. The van der Waals surface area contributed by atoms with Crippen LogP contribution in [0.2, 0.25) is 0 Å². The average Bonchev–Trinajstić information content (AvgIpc) is 3.32. The smallest absolute Gasteiger partial charge is 0.410 e. The normalized spacial score (nSPS) is 21.1. The first-order valence-corrected chi connectivity index (χ1v) is 11.8. The molecule has 2 aromatic carbocycles. The predicted molar refractivity (Wildman–Crippen MR) is 123 cm³/mol. The quantitative estimate of drug-likeness (QED) is 0.704. The molecule has 0 radical (unpaired) electrons. The summed E-state index contributed by atoms with van der Waals surface area (Å²) >= 11 is 0. The lowest BCUT2D eigenvalue weighted by molar-refractivity contribution is -0.169. The molecule has 170 valence electrons. The van der Waals surface area contributed by atoms with E-state index in [1.165, 1.54) is 11.3 Å². The van der Waals surface area contributed by atoms with Gasteiger partial charge in [-0.2, -0.15) is 0 Å². The van der Waals surface area contributed by atoms with Crippen molar-refractivity contribution in [1.82, 2.24) is 4.90 Å². The Kier molecular flexibility index (Phi) is 6.32. The number of benzene rings is 2. The summed E-state index contributed by atoms with van der Waals surface area (Å²) < 4.78 is 17.2. The maximum Gasteiger partial charge on any atom is 0.410 e. The Bertz CT molecular complexity index is 878. The van der Waals surface area contributed by atoms with E-state index in [2.05, 4.69) is 29.2 Å². The van der Waals surface area contributed by atoms with Crippen LogP contribution in [0.25, 0.3) is 0 Å². The molecule has 0 aliphatic carbocycles.